The van der Waals surface area contributed by atoms with Gasteiger partial charge in [0.15, 0.2) is 0 Å². The van der Waals surface area contributed by atoms with Crippen LogP contribution >= 0.6 is 12.2 Å². The van der Waals surface area contributed by atoms with Crippen molar-refractivity contribution in [3.8, 4) is 0 Å². The standard InChI is InChI=1S/C13H20N2OS/c1-12(2,3)9-8-10(17)15-11(14-9)13(16-4)6-5-7-13/h8H,5-7H2,1-4H3,(H,14,15,17). The number of aromatic nitrogens is 2. The van der Waals surface area contributed by atoms with Crippen LogP contribution in [-0.2, 0) is 15.8 Å². The molecule has 2 rings (SSSR count). The van der Waals surface area contributed by atoms with Gasteiger partial charge in [-0.15, -0.1) is 0 Å². The van der Waals surface area contributed by atoms with Gasteiger partial charge >= 0.3 is 0 Å². The van der Waals surface area contributed by atoms with E-state index in [4.69, 9.17) is 17.0 Å². The van der Waals surface area contributed by atoms with E-state index in [0.29, 0.717) is 4.64 Å². The van der Waals surface area contributed by atoms with E-state index in [9.17, 15) is 0 Å². The van der Waals surface area contributed by atoms with Crippen molar-refractivity contribution in [3.05, 3.63) is 22.2 Å². The zero-order valence-electron chi connectivity index (χ0n) is 11.0. The normalized spacial score (nSPS) is 18.8. The van der Waals surface area contributed by atoms with Crippen LogP contribution in [0.4, 0.5) is 0 Å². The first-order chi connectivity index (χ1) is 7.87. The van der Waals surface area contributed by atoms with Gasteiger partial charge in [0.25, 0.3) is 0 Å². The second-order valence-electron chi connectivity index (χ2n) is 5.78. The lowest BCUT2D eigenvalue weighted by atomic mass is 9.79. The molecular formula is C13H20N2OS. The minimum absolute atomic E-state index is 0.0456. The molecule has 1 heterocycles. The number of methoxy groups -OCH3 is 1. The topological polar surface area (TPSA) is 37.9 Å². The number of H-pyrrole nitrogens is 1. The van der Waals surface area contributed by atoms with E-state index in [1.807, 2.05) is 6.07 Å². The van der Waals surface area contributed by atoms with Crippen LogP contribution in [0.15, 0.2) is 6.07 Å². The van der Waals surface area contributed by atoms with Crippen LogP contribution < -0.4 is 0 Å². The Hall–Kier alpha value is -0.740. The zero-order chi connectivity index (χ0) is 12.7. The predicted molar refractivity (Wildman–Crippen MR) is 70.7 cm³/mol. The van der Waals surface area contributed by atoms with Crippen molar-refractivity contribution in [2.75, 3.05) is 7.11 Å². The first-order valence-corrected chi connectivity index (χ1v) is 6.46. The molecule has 0 atom stereocenters. The Bertz CT molecular complexity index is 464. The molecule has 0 aliphatic heterocycles. The molecule has 1 aliphatic rings. The maximum Gasteiger partial charge on any atom is 0.140 e. The van der Waals surface area contributed by atoms with Gasteiger partial charge in [0.1, 0.15) is 16.1 Å². The third-order valence-corrected chi connectivity index (χ3v) is 3.74. The molecule has 0 amide bonds. The Morgan fingerprint density at radius 1 is 1.41 bits per heavy atom. The highest BCUT2D eigenvalue weighted by atomic mass is 32.1. The van der Waals surface area contributed by atoms with Gasteiger partial charge < -0.3 is 9.72 Å². The van der Waals surface area contributed by atoms with Gasteiger partial charge in [-0.3, -0.25) is 0 Å². The molecule has 4 heteroatoms. The lowest BCUT2D eigenvalue weighted by Gasteiger charge is -2.39. The first-order valence-electron chi connectivity index (χ1n) is 6.05. The smallest absolute Gasteiger partial charge is 0.140 e. The Balaban J connectivity index is 2.49. The summed E-state index contributed by atoms with van der Waals surface area (Å²) < 4.78 is 6.29. The highest BCUT2D eigenvalue weighted by Gasteiger charge is 2.41. The summed E-state index contributed by atoms with van der Waals surface area (Å²) >= 11 is 5.26. The minimum Gasteiger partial charge on any atom is -0.370 e. The summed E-state index contributed by atoms with van der Waals surface area (Å²) in [5.41, 5.74) is 0.939. The average Bonchev–Trinajstić information content (AvgIpc) is 2.14. The highest BCUT2D eigenvalue weighted by molar-refractivity contribution is 7.71. The molecule has 1 aromatic heterocycles. The van der Waals surface area contributed by atoms with E-state index in [2.05, 4.69) is 30.7 Å². The van der Waals surface area contributed by atoms with Gasteiger partial charge in [0.2, 0.25) is 0 Å². The quantitative estimate of drug-likeness (QED) is 0.819. The van der Waals surface area contributed by atoms with Crippen LogP contribution in [0.1, 0.15) is 51.6 Å². The summed E-state index contributed by atoms with van der Waals surface area (Å²) in [4.78, 5) is 7.86. The van der Waals surface area contributed by atoms with Gasteiger partial charge in [-0.2, -0.15) is 0 Å². The van der Waals surface area contributed by atoms with Crippen molar-refractivity contribution in [2.24, 2.45) is 0 Å². The largest absolute Gasteiger partial charge is 0.370 e. The second-order valence-corrected chi connectivity index (χ2v) is 6.20. The number of nitrogens with zero attached hydrogens (tertiary/aromatic N) is 1. The van der Waals surface area contributed by atoms with E-state index in [1.165, 1.54) is 6.42 Å². The van der Waals surface area contributed by atoms with E-state index < -0.39 is 0 Å². The van der Waals surface area contributed by atoms with Gasteiger partial charge in [0, 0.05) is 18.2 Å². The number of rotatable bonds is 2. The van der Waals surface area contributed by atoms with Crippen molar-refractivity contribution in [1.82, 2.24) is 9.97 Å². The molecule has 0 spiro atoms. The number of ether oxygens (including phenoxy) is 1. The number of aromatic amines is 1. The molecule has 0 saturated heterocycles. The molecule has 1 aromatic rings. The molecule has 17 heavy (non-hydrogen) atoms. The number of nitrogens with one attached hydrogen (secondary N) is 1. The molecule has 1 fully saturated rings. The predicted octanol–water partition coefficient (Wildman–Crippen LogP) is 3.46. The van der Waals surface area contributed by atoms with Crippen molar-refractivity contribution in [3.63, 3.8) is 0 Å². The van der Waals surface area contributed by atoms with Crippen molar-refractivity contribution in [1.29, 1.82) is 0 Å². The van der Waals surface area contributed by atoms with E-state index in [-0.39, 0.29) is 11.0 Å². The fourth-order valence-electron chi connectivity index (χ4n) is 2.11. The van der Waals surface area contributed by atoms with Crippen LogP contribution in [0.5, 0.6) is 0 Å². The Morgan fingerprint density at radius 2 is 2.06 bits per heavy atom. The van der Waals surface area contributed by atoms with Crippen LogP contribution in [0.2, 0.25) is 0 Å². The SMILES string of the molecule is COC1(c2nc(=S)cc(C(C)(C)C)[nH]2)CCC1. The third kappa shape index (κ3) is 2.29. The molecule has 94 valence electrons. The summed E-state index contributed by atoms with van der Waals surface area (Å²) in [6.07, 6.45) is 3.24. The summed E-state index contributed by atoms with van der Waals surface area (Å²) in [7, 11) is 1.75. The fourth-order valence-corrected chi connectivity index (χ4v) is 2.32. The lowest BCUT2D eigenvalue weighted by molar-refractivity contribution is -0.0849. The summed E-state index contributed by atoms with van der Waals surface area (Å²) in [6.45, 7) is 6.49. The Labute approximate surface area is 108 Å². The van der Waals surface area contributed by atoms with Crippen LogP contribution in [0.25, 0.3) is 0 Å². The molecule has 3 nitrogen and oxygen atoms in total. The van der Waals surface area contributed by atoms with Gasteiger partial charge in [-0.05, 0) is 25.3 Å². The second kappa shape index (κ2) is 4.18. The third-order valence-electron chi connectivity index (χ3n) is 3.53. The molecule has 1 aliphatic carbocycles. The van der Waals surface area contributed by atoms with Crippen LogP contribution in [0, 0.1) is 4.64 Å². The lowest BCUT2D eigenvalue weighted by Crippen LogP contribution is -2.38. The first kappa shape index (κ1) is 12.7. The van der Waals surface area contributed by atoms with Crippen molar-refractivity contribution >= 4 is 12.2 Å². The fraction of sp³-hybridized carbons (Fsp3) is 0.692. The van der Waals surface area contributed by atoms with Gasteiger partial charge in [-0.1, -0.05) is 33.0 Å². The molecule has 0 unspecified atom stereocenters. The summed E-state index contributed by atoms with van der Waals surface area (Å²) in [5, 5.41) is 0. The number of hydrogen-bond acceptors (Lipinski definition) is 3. The van der Waals surface area contributed by atoms with Crippen molar-refractivity contribution < 1.29 is 4.74 Å². The molecule has 1 N–H and O–H groups in total. The highest BCUT2D eigenvalue weighted by Crippen LogP contribution is 2.42. The molecule has 1 saturated carbocycles. The average molecular weight is 252 g/mol. The molecule has 0 radical (unpaired) electrons. The summed E-state index contributed by atoms with van der Waals surface area (Å²) in [6, 6.07) is 1.95. The monoisotopic (exact) mass is 252 g/mol. The van der Waals surface area contributed by atoms with Crippen molar-refractivity contribution in [2.45, 2.75) is 51.0 Å². The Morgan fingerprint density at radius 3 is 2.47 bits per heavy atom. The maximum absolute atomic E-state index is 5.64. The van der Waals surface area contributed by atoms with Gasteiger partial charge in [0.05, 0.1) is 0 Å². The molecule has 0 aromatic carbocycles. The van der Waals surface area contributed by atoms with Crippen LogP contribution in [-0.4, -0.2) is 17.1 Å². The molecular weight excluding hydrogens is 232 g/mol. The maximum atomic E-state index is 5.64. The van der Waals surface area contributed by atoms with Crippen LogP contribution in [0.3, 0.4) is 0 Å². The van der Waals surface area contributed by atoms with E-state index in [0.717, 1.165) is 24.4 Å². The van der Waals surface area contributed by atoms with E-state index in [1.54, 1.807) is 7.11 Å². The van der Waals surface area contributed by atoms with Gasteiger partial charge in [-0.25, -0.2) is 4.98 Å². The zero-order valence-corrected chi connectivity index (χ0v) is 11.8. The Kier molecular flexibility index (Phi) is 3.12. The minimum atomic E-state index is -0.227. The number of hydrogen-bond donors (Lipinski definition) is 1. The molecule has 0 bridgehead atoms. The summed E-state index contributed by atoms with van der Waals surface area (Å²) in [5.74, 6) is 0.892. The van der Waals surface area contributed by atoms with E-state index >= 15 is 0 Å².